The molecule has 0 unspecified atom stereocenters. The van der Waals surface area contributed by atoms with Crippen LogP contribution in [0.4, 0.5) is 0 Å². The van der Waals surface area contributed by atoms with Crippen LogP contribution < -0.4 is 10.6 Å². The summed E-state index contributed by atoms with van der Waals surface area (Å²) in [5.41, 5.74) is 2.35. The van der Waals surface area contributed by atoms with Crippen LogP contribution in [0.3, 0.4) is 0 Å². The highest BCUT2D eigenvalue weighted by molar-refractivity contribution is 5.13. The Bertz CT molecular complexity index is 357. The monoisotopic (exact) mass is 247 g/mol. The molecule has 3 heteroatoms. The molecule has 1 aliphatic heterocycles. The summed E-state index contributed by atoms with van der Waals surface area (Å²) < 4.78 is 0. The number of nitrogens with zero attached hydrogens (tertiary/aromatic N) is 1. The van der Waals surface area contributed by atoms with Gasteiger partial charge in [0.05, 0.1) is 5.69 Å². The Morgan fingerprint density at radius 2 is 2.11 bits per heavy atom. The molecule has 1 aromatic rings. The molecule has 3 nitrogen and oxygen atoms in total. The van der Waals surface area contributed by atoms with Gasteiger partial charge in [-0.05, 0) is 56.4 Å². The van der Waals surface area contributed by atoms with Crippen LogP contribution in [0.2, 0.25) is 0 Å². The maximum Gasteiger partial charge on any atom is 0.0545 e. The molecular weight excluding hydrogens is 222 g/mol. The van der Waals surface area contributed by atoms with Gasteiger partial charge in [-0.15, -0.1) is 0 Å². The summed E-state index contributed by atoms with van der Waals surface area (Å²) in [5.74, 6) is 1.34. The van der Waals surface area contributed by atoms with Crippen molar-refractivity contribution in [3.63, 3.8) is 0 Å². The molecule has 0 aliphatic carbocycles. The quantitative estimate of drug-likeness (QED) is 0.838. The van der Waals surface area contributed by atoms with Crippen LogP contribution in [0.5, 0.6) is 0 Å². The molecule has 0 atom stereocenters. The summed E-state index contributed by atoms with van der Waals surface area (Å²) in [7, 11) is 0. The van der Waals surface area contributed by atoms with Crippen molar-refractivity contribution in [1.82, 2.24) is 15.6 Å². The molecule has 0 spiro atoms. The summed E-state index contributed by atoms with van der Waals surface area (Å²) in [6.45, 7) is 8.74. The van der Waals surface area contributed by atoms with E-state index in [0.29, 0.717) is 5.92 Å². The Balaban J connectivity index is 1.77. The van der Waals surface area contributed by atoms with Crippen molar-refractivity contribution in [1.29, 1.82) is 0 Å². The van der Waals surface area contributed by atoms with E-state index in [0.717, 1.165) is 24.7 Å². The van der Waals surface area contributed by atoms with Gasteiger partial charge in [-0.1, -0.05) is 19.9 Å². The first-order valence-electron chi connectivity index (χ1n) is 7.13. The van der Waals surface area contributed by atoms with Gasteiger partial charge in [0.2, 0.25) is 0 Å². The largest absolute Gasteiger partial charge is 0.317 e. The fourth-order valence-electron chi connectivity index (χ4n) is 2.41. The molecule has 0 amide bonds. The molecule has 0 bridgehead atoms. The second-order valence-corrected chi connectivity index (χ2v) is 5.53. The first kappa shape index (κ1) is 13.5. The molecule has 1 aliphatic rings. The second kappa shape index (κ2) is 6.86. The Labute approximate surface area is 110 Å². The number of rotatable bonds is 5. The van der Waals surface area contributed by atoms with E-state index < -0.39 is 0 Å². The molecular formula is C15H25N3. The Kier molecular flexibility index (Phi) is 5.14. The Morgan fingerprint density at radius 1 is 1.33 bits per heavy atom. The van der Waals surface area contributed by atoms with Crippen molar-refractivity contribution in [3.05, 3.63) is 29.6 Å². The molecule has 1 aromatic heterocycles. The van der Waals surface area contributed by atoms with E-state index in [1.165, 1.54) is 31.6 Å². The van der Waals surface area contributed by atoms with Gasteiger partial charge in [-0.3, -0.25) is 4.98 Å². The van der Waals surface area contributed by atoms with Gasteiger partial charge in [0.15, 0.2) is 0 Å². The van der Waals surface area contributed by atoms with Gasteiger partial charge >= 0.3 is 0 Å². The third-order valence-corrected chi connectivity index (χ3v) is 3.62. The minimum absolute atomic E-state index is 0.509. The van der Waals surface area contributed by atoms with Gasteiger partial charge in [0.25, 0.3) is 0 Å². The summed E-state index contributed by atoms with van der Waals surface area (Å²) in [6.07, 6.45) is 2.60. The van der Waals surface area contributed by atoms with Gasteiger partial charge in [0.1, 0.15) is 0 Å². The van der Waals surface area contributed by atoms with E-state index >= 15 is 0 Å². The van der Waals surface area contributed by atoms with Crippen molar-refractivity contribution >= 4 is 0 Å². The highest BCUT2D eigenvalue weighted by atomic mass is 14.9. The first-order valence-corrected chi connectivity index (χ1v) is 7.13. The summed E-state index contributed by atoms with van der Waals surface area (Å²) in [4.78, 5) is 4.68. The van der Waals surface area contributed by atoms with Crippen molar-refractivity contribution < 1.29 is 0 Å². The van der Waals surface area contributed by atoms with Gasteiger partial charge < -0.3 is 10.6 Å². The number of hydrogen-bond acceptors (Lipinski definition) is 3. The lowest BCUT2D eigenvalue weighted by molar-refractivity contribution is 0.356. The molecule has 18 heavy (non-hydrogen) atoms. The van der Waals surface area contributed by atoms with Crippen LogP contribution in [-0.2, 0) is 6.54 Å². The molecule has 0 aromatic carbocycles. The number of hydrogen-bond donors (Lipinski definition) is 2. The van der Waals surface area contributed by atoms with Gasteiger partial charge in [0, 0.05) is 12.2 Å². The predicted octanol–water partition coefficient (Wildman–Crippen LogP) is 2.29. The number of pyridine rings is 1. The minimum atomic E-state index is 0.509. The second-order valence-electron chi connectivity index (χ2n) is 5.53. The van der Waals surface area contributed by atoms with Crippen molar-refractivity contribution in [2.24, 2.45) is 5.92 Å². The normalized spacial score (nSPS) is 17.3. The standard InChI is InChI=1S/C15H25N3/c1-12(2)15-5-3-4-14(18-15)11-17-10-13-6-8-16-9-7-13/h3-5,12-13,16-17H,6-11H2,1-2H3. The number of piperidine rings is 1. The zero-order chi connectivity index (χ0) is 12.8. The average Bonchev–Trinajstić information content (AvgIpc) is 2.40. The van der Waals surface area contributed by atoms with Crippen molar-refractivity contribution in [3.8, 4) is 0 Å². The topological polar surface area (TPSA) is 37.0 Å². The highest BCUT2D eigenvalue weighted by Gasteiger charge is 2.12. The van der Waals surface area contributed by atoms with Crippen LogP contribution in [0.15, 0.2) is 18.2 Å². The van der Waals surface area contributed by atoms with Crippen LogP contribution in [-0.4, -0.2) is 24.6 Å². The average molecular weight is 247 g/mol. The van der Waals surface area contributed by atoms with Crippen molar-refractivity contribution in [2.45, 2.75) is 39.2 Å². The van der Waals surface area contributed by atoms with Crippen LogP contribution in [0.25, 0.3) is 0 Å². The fraction of sp³-hybridized carbons (Fsp3) is 0.667. The lowest BCUT2D eigenvalue weighted by atomic mass is 9.98. The van der Waals surface area contributed by atoms with E-state index in [1.807, 2.05) is 0 Å². The molecule has 2 heterocycles. The smallest absolute Gasteiger partial charge is 0.0545 e. The van der Waals surface area contributed by atoms with E-state index in [2.05, 4.69) is 47.7 Å². The van der Waals surface area contributed by atoms with Gasteiger partial charge in [-0.2, -0.15) is 0 Å². The van der Waals surface area contributed by atoms with Crippen LogP contribution in [0.1, 0.15) is 44.0 Å². The van der Waals surface area contributed by atoms with E-state index in [4.69, 9.17) is 0 Å². The fourth-order valence-corrected chi connectivity index (χ4v) is 2.41. The maximum atomic E-state index is 4.68. The minimum Gasteiger partial charge on any atom is -0.317 e. The summed E-state index contributed by atoms with van der Waals surface area (Å²) in [5, 5.41) is 6.95. The molecule has 2 N–H and O–H groups in total. The molecule has 1 fully saturated rings. The molecule has 2 rings (SSSR count). The lowest BCUT2D eigenvalue weighted by Crippen LogP contribution is -2.33. The number of nitrogens with one attached hydrogen (secondary N) is 2. The first-order chi connectivity index (χ1) is 8.75. The third kappa shape index (κ3) is 4.07. The predicted molar refractivity (Wildman–Crippen MR) is 75.6 cm³/mol. The number of aromatic nitrogens is 1. The Hall–Kier alpha value is -0.930. The zero-order valence-electron chi connectivity index (χ0n) is 11.6. The summed E-state index contributed by atoms with van der Waals surface area (Å²) >= 11 is 0. The molecule has 0 saturated carbocycles. The van der Waals surface area contributed by atoms with Crippen LogP contribution in [0, 0.1) is 5.92 Å². The molecule has 1 saturated heterocycles. The maximum absolute atomic E-state index is 4.68. The molecule has 0 radical (unpaired) electrons. The molecule has 100 valence electrons. The van der Waals surface area contributed by atoms with E-state index in [1.54, 1.807) is 0 Å². The lowest BCUT2D eigenvalue weighted by Gasteiger charge is -2.22. The summed E-state index contributed by atoms with van der Waals surface area (Å²) in [6, 6.07) is 6.34. The highest BCUT2D eigenvalue weighted by Crippen LogP contribution is 2.12. The van der Waals surface area contributed by atoms with E-state index in [9.17, 15) is 0 Å². The van der Waals surface area contributed by atoms with E-state index in [-0.39, 0.29) is 0 Å². The Morgan fingerprint density at radius 3 is 2.83 bits per heavy atom. The van der Waals surface area contributed by atoms with Crippen LogP contribution >= 0.6 is 0 Å². The SMILES string of the molecule is CC(C)c1cccc(CNCC2CCNCC2)n1. The third-order valence-electron chi connectivity index (χ3n) is 3.62. The zero-order valence-corrected chi connectivity index (χ0v) is 11.6. The van der Waals surface area contributed by atoms with Crippen molar-refractivity contribution in [2.75, 3.05) is 19.6 Å². The van der Waals surface area contributed by atoms with Gasteiger partial charge in [-0.25, -0.2) is 0 Å².